The van der Waals surface area contributed by atoms with E-state index in [-0.39, 0.29) is 25.7 Å². The first-order chi connectivity index (χ1) is 13.6. The Bertz CT molecular complexity index is 677. The van der Waals surface area contributed by atoms with E-state index in [0.29, 0.717) is 17.7 Å². The molecule has 1 saturated carbocycles. The van der Waals surface area contributed by atoms with E-state index in [1.165, 1.54) is 19.3 Å². The predicted molar refractivity (Wildman–Crippen MR) is 103 cm³/mol. The van der Waals surface area contributed by atoms with Gasteiger partial charge in [-0.2, -0.15) is 0 Å². The second kappa shape index (κ2) is 10.1. The summed E-state index contributed by atoms with van der Waals surface area (Å²) in [6, 6.07) is 9.24. The van der Waals surface area contributed by atoms with Gasteiger partial charge < -0.3 is 19.7 Å². The zero-order chi connectivity index (χ0) is 19.8. The van der Waals surface area contributed by atoms with Crippen LogP contribution in [0.4, 0.5) is 0 Å². The van der Waals surface area contributed by atoms with Crippen molar-refractivity contribution in [3.8, 4) is 5.75 Å². The Labute approximate surface area is 165 Å². The van der Waals surface area contributed by atoms with Crippen LogP contribution in [0.15, 0.2) is 30.3 Å². The topological polar surface area (TPSA) is 84.9 Å². The highest BCUT2D eigenvalue weighted by molar-refractivity contribution is 5.85. The van der Waals surface area contributed by atoms with E-state index < -0.39 is 11.9 Å². The average molecular weight is 388 g/mol. The van der Waals surface area contributed by atoms with Crippen LogP contribution in [0.2, 0.25) is 0 Å². The molecule has 0 unspecified atom stereocenters. The van der Waals surface area contributed by atoms with Gasteiger partial charge in [0, 0.05) is 12.6 Å². The number of rotatable bonds is 7. The van der Waals surface area contributed by atoms with Gasteiger partial charge in [-0.25, -0.2) is 0 Å². The van der Waals surface area contributed by atoms with E-state index >= 15 is 0 Å². The number of amides is 2. The molecule has 0 bridgehead atoms. The van der Waals surface area contributed by atoms with Gasteiger partial charge in [0.2, 0.25) is 0 Å². The Kier molecular flexibility index (Phi) is 7.28. The molecule has 1 aromatic carbocycles. The third-order valence-electron chi connectivity index (χ3n) is 5.46. The molecule has 2 fully saturated rings. The average Bonchev–Trinajstić information content (AvgIpc) is 2.74. The van der Waals surface area contributed by atoms with E-state index in [0.717, 1.165) is 25.8 Å². The third kappa shape index (κ3) is 5.71. The fourth-order valence-corrected chi connectivity index (χ4v) is 4.10. The number of carbonyl (C=O) groups excluding carboxylic acids is 3. The van der Waals surface area contributed by atoms with Crippen molar-refractivity contribution in [3.05, 3.63) is 30.3 Å². The molecule has 0 radical (unpaired) electrons. The molecular weight excluding hydrogens is 360 g/mol. The maximum absolute atomic E-state index is 12.5. The lowest BCUT2D eigenvalue weighted by atomic mass is 9.78. The van der Waals surface area contributed by atoms with E-state index in [4.69, 9.17) is 9.47 Å². The van der Waals surface area contributed by atoms with Crippen molar-refractivity contribution in [2.45, 2.75) is 44.6 Å². The van der Waals surface area contributed by atoms with E-state index in [1.54, 1.807) is 24.3 Å². The molecule has 2 amide bonds. The Morgan fingerprint density at radius 1 is 1.00 bits per heavy atom. The van der Waals surface area contributed by atoms with Gasteiger partial charge in [-0.15, -0.1) is 0 Å². The second-order valence-corrected chi connectivity index (χ2v) is 7.38. The third-order valence-corrected chi connectivity index (χ3v) is 5.46. The number of para-hydroxylation sites is 1. The van der Waals surface area contributed by atoms with Crippen LogP contribution >= 0.6 is 0 Å². The minimum atomic E-state index is -0.626. The van der Waals surface area contributed by atoms with Crippen molar-refractivity contribution < 1.29 is 23.9 Å². The summed E-state index contributed by atoms with van der Waals surface area (Å²) in [5.74, 6) is -0.0186. The number of esters is 1. The lowest BCUT2D eigenvalue weighted by Gasteiger charge is -2.44. The molecule has 1 aliphatic heterocycles. The molecular formula is C21H28N2O5. The summed E-state index contributed by atoms with van der Waals surface area (Å²) < 4.78 is 10.4. The first-order valence-corrected chi connectivity index (χ1v) is 10.0. The fourth-order valence-electron chi connectivity index (χ4n) is 4.10. The van der Waals surface area contributed by atoms with E-state index in [1.807, 2.05) is 11.0 Å². The minimum Gasteiger partial charge on any atom is -0.484 e. The number of carbonyl (C=O) groups is 3. The van der Waals surface area contributed by atoms with Gasteiger partial charge in [-0.1, -0.05) is 31.0 Å². The minimum absolute atomic E-state index is 0.135. The quantitative estimate of drug-likeness (QED) is 0.721. The number of hydrogen-bond acceptors (Lipinski definition) is 5. The number of nitrogens with zero attached hydrogens (tertiary/aromatic N) is 1. The van der Waals surface area contributed by atoms with Crippen LogP contribution in [0.1, 0.15) is 38.5 Å². The number of piperidine rings is 1. The summed E-state index contributed by atoms with van der Waals surface area (Å²) in [4.78, 5) is 38.0. The Balaban J connectivity index is 1.34. The molecule has 3 rings (SSSR count). The van der Waals surface area contributed by atoms with Crippen LogP contribution < -0.4 is 10.1 Å². The maximum atomic E-state index is 12.5. The largest absolute Gasteiger partial charge is 0.484 e. The first-order valence-electron chi connectivity index (χ1n) is 10.0. The summed E-state index contributed by atoms with van der Waals surface area (Å²) in [6.45, 7) is 0.00688. The van der Waals surface area contributed by atoms with E-state index in [9.17, 15) is 14.4 Å². The molecule has 1 N–H and O–H groups in total. The van der Waals surface area contributed by atoms with Gasteiger partial charge >= 0.3 is 5.97 Å². The standard InChI is InChI=1S/C21H28N2O5/c24-19(14-27-17-9-2-1-3-10-17)22-13-21(26)28-15-20(25)23-12-6-8-16-7-4-5-11-18(16)23/h1-3,9-10,16,18H,4-8,11-15H2,(H,22,24)/t16-,18-/m1/s1. The second-order valence-electron chi connectivity index (χ2n) is 7.38. The summed E-state index contributed by atoms with van der Waals surface area (Å²) in [7, 11) is 0. The highest BCUT2D eigenvalue weighted by Crippen LogP contribution is 2.35. The number of likely N-dealkylation sites (tertiary alicyclic amines) is 1. The van der Waals surface area contributed by atoms with Crippen LogP contribution in [0.25, 0.3) is 0 Å². The number of hydrogen-bond donors (Lipinski definition) is 1. The van der Waals surface area contributed by atoms with Gasteiger partial charge in [-0.05, 0) is 43.7 Å². The molecule has 1 aliphatic carbocycles. The van der Waals surface area contributed by atoms with Gasteiger partial charge in [0.1, 0.15) is 12.3 Å². The Morgan fingerprint density at radius 2 is 1.75 bits per heavy atom. The number of benzene rings is 1. The van der Waals surface area contributed by atoms with E-state index in [2.05, 4.69) is 5.32 Å². The maximum Gasteiger partial charge on any atom is 0.325 e. The van der Waals surface area contributed by atoms with Crippen molar-refractivity contribution in [1.29, 1.82) is 0 Å². The van der Waals surface area contributed by atoms with Crippen molar-refractivity contribution in [1.82, 2.24) is 10.2 Å². The molecule has 2 atom stereocenters. The SMILES string of the molecule is O=C(COc1ccccc1)NCC(=O)OCC(=O)N1CCC[C@H]2CCCC[C@H]21. The first kappa shape index (κ1) is 20.2. The zero-order valence-electron chi connectivity index (χ0n) is 16.1. The van der Waals surface area contributed by atoms with Crippen molar-refractivity contribution in [2.75, 3.05) is 26.3 Å². The van der Waals surface area contributed by atoms with Crippen LogP contribution in [0, 0.1) is 5.92 Å². The van der Waals surface area contributed by atoms with Gasteiger partial charge in [-0.3, -0.25) is 14.4 Å². The molecule has 1 heterocycles. The molecule has 0 spiro atoms. The number of nitrogens with one attached hydrogen (secondary N) is 1. The monoisotopic (exact) mass is 388 g/mol. The summed E-state index contributed by atoms with van der Waals surface area (Å²) >= 11 is 0. The normalized spacial score (nSPS) is 21.4. The molecule has 2 aliphatic rings. The van der Waals surface area contributed by atoms with Crippen LogP contribution in [-0.4, -0.2) is 55.0 Å². The molecule has 1 aromatic rings. The van der Waals surface area contributed by atoms with Crippen LogP contribution in [0.3, 0.4) is 0 Å². The molecule has 1 saturated heterocycles. The zero-order valence-corrected chi connectivity index (χ0v) is 16.1. The molecule has 0 aromatic heterocycles. The number of ether oxygens (including phenoxy) is 2. The Morgan fingerprint density at radius 3 is 2.57 bits per heavy atom. The van der Waals surface area contributed by atoms with Gasteiger partial charge in [0.05, 0.1) is 0 Å². The summed E-state index contributed by atoms with van der Waals surface area (Å²) in [6.07, 6.45) is 6.82. The highest BCUT2D eigenvalue weighted by atomic mass is 16.5. The fraction of sp³-hybridized carbons (Fsp3) is 0.571. The summed E-state index contributed by atoms with van der Waals surface area (Å²) in [5, 5.41) is 2.44. The lowest BCUT2D eigenvalue weighted by molar-refractivity contribution is -0.154. The van der Waals surface area contributed by atoms with Gasteiger partial charge in [0.25, 0.3) is 11.8 Å². The van der Waals surface area contributed by atoms with Crippen LogP contribution in [-0.2, 0) is 19.1 Å². The summed E-state index contributed by atoms with van der Waals surface area (Å²) in [5.41, 5.74) is 0. The van der Waals surface area contributed by atoms with Crippen molar-refractivity contribution >= 4 is 17.8 Å². The molecule has 7 nitrogen and oxygen atoms in total. The Hall–Kier alpha value is -2.57. The van der Waals surface area contributed by atoms with Crippen LogP contribution in [0.5, 0.6) is 5.75 Å². The molecule has 28 heavy (non-hydrogen) atoms. The molecule has 152 valence electrons. The lowest BCUT2D eigenvalue weighted by Crippen LogP contribution is -2.51. The van der Waals surface area contributed by atoms with Gasteiger partial charge in [0.15, 0.2) is 13.2 Å². The van der Waals surface area contributed by atoms with Crippen molar-refractivity contribution in [3.63, 3.8) is 0 Å². The molecule has 7 heteroatoms. The smallest absolute Gasteiger partial charge is 0.325 e. The number of fused-ring (bicyclic) bond motifs is 1. The highest BCUT2D eigenvalue weighted by Gasteiger charge is 2.35. The van der Waals surface area contributed by atoms with Crippen molar-refractivity contribution in [2.24, 2.45) is 5.92 Å². The predicted octanol–water partition coefficient (Wildman–Crippen LogP) is 1.91.